The predicted octanol–water partition coefficient (Wildman–Crippen LogP) is 2.58. The van der Waals surface area contributed by atoms with Gasteiger partial charge in [-0.15, -0.1) is 0 Å². The molecule has 88 valence electrons. The van der Waals surface area contributed by atoms with Crippen LogP contribution >= 0.6 is 0 Å². The van der Waals surface area contributed by atoms with E-state index in [1.165, 1.54) is 5.56 Å². The largest absolute Gasteiger partial charge is 0.393 e. The van der Waals surface area contributed by atoms with Crippen LogP contribution in [0.4, 0.5) is 0 Å². The molecule has 0 aliphatic carbocycles. The van der Waals surface area contributed by atoms with Crippen molar-refractivity contribution in [3.63, 3.8) is 0 Å². The minimum absolute atomic E-state index is 0.224. The second kappa shape index (κ2) is 5.46. The minimum Gasteiger partial charge on any atom is -0.393 e. The van der Waals surface area contributed by atoms with Gasteiger partial charge in [-0.05, 0) is 24.3 Å². The van der Waals surface area contributed by atoms with Crippen LogP contribution in [-0.2, 0) is 4.74 Å². The van der Waals surface area contributed by atoms with Gasteiger partial charge in [0.15, 0.2) is 0 Å². The van der Waals surface area contributed by atoms with Gasteiger partial charge in [-0.25, -0.2) is 0 Å². The van der Waals surface area contributed by atoms with Gasteiger partial charge in [-0.2, -0.15) is 0 Å². The van der Waals surface area contributed by atoms with Gasteiger partial charge in [0, 0.05) is 12.5 Å². The summed E-state index contributed by atoms with van der Waals surface area (Å²) >= 11 is 0. The monoisotopic (exact) mass is 220 g/mol. The van der Waals surface area contributed by atoms with E-state index in [2.05, 4.69) is 31.2 Å². The molecule has 0 bridgehead atoms. The topological polar surface area (TPSA) is 29.5 Å². The summed E-state index contributed by atoms with van der Waals surface area (Å²) in [6, 6.07) is 10.4. The summed E-state index contributed by atoms with van der Waals surface area (Å²) in [7, 11) is 0. The van der Waals surface area contributed by atoms with E-state index >= 15 is 0 Å². The normalized spacial score (nSPS) is 24.2. The Balaban J connectivity index is 1.89. The molecule has 0 saturated carbocycles. The first-order valence-corrected chi connectivity index (χ1v) is 6.08. The van der Waals surface area contributed by atoms with Crippen LogP contribution in [0.25, 0.3) is 0 Å². The summed E-state index contributed by atoms with van der Waals surface area (Å²) in [5, 5.41) is 10.1. The molecular weight excluding hydrogens is 200 g/mol. The van der Waals surface area contributed by atoms with Crippen LogP contribution in [0.2, 0.25) is 0 Å². The molecule has 1 fully saturated rings. The van der Waals surface area contributed by atoms with Gasteiger partial charge in [-0.3, -0.25) is 0 Å². The lowest BCUT2D eigenvalue weighted by Gasteiger charge is -2.20. The molecule has 1 aromatic carbocycles. The Hall–Kier alpha value is -0.860. The van der Waals surface area contributed by atoms with Crippen molar-refractivity contribution in [3.05, 3.63) is 35.9 Å². The number of hydrogen-bond acceptors (Lipinski definition) is 2. The number of benzene rings is 1. The molecule has 1 N–H and O–H groups in total. The van der Waals surface area contributed by atoms with Crippen molar-refractivity contribution in [1.82, 2.24) is 0 Å². The van der Waals surface area contributed by atoms with Crippen molar-refractivity contribution < 1.29 is 9.84 Å². The molecule has 1 aromatic rings. The SMILES string of the molecule is CC(CC(O)C1CCOC1)c1ccccc1. The van der Waals surface area contributed by atoms with Gasteiger partial charge < -0.3 is 9.84 Å². The molecule has 2 heteroatoms. The molecule has 1 saturated heterocycles. The second-order valence-electron chi connectivity index (χ2n) is 4.74. The second-order valence-corrected chi connectivity index (χ2v) is 4.74. The lowest BCUT2D eigenvalue weighted by Crippen LogP contribution is -2.22. The lowest BCUT2D eigenvalue weighted by atomic mass is 9.89. The van der Waals surface area contributed by atoms with Crippen LogP contribution in [0.5, 0.6) is 0 Å². The molecule has 0 aromatic heterocycles. The van der Waals surface area contributed by atoms with Crippen LogP contribution < -0.4 is 0 Å². The van der Waals surface area contributed by atoms with E-state index in [1.807, 2.05) is 6.07 Å². The molecule has 1 aliphatic heterocycles. The molecular formula is C14H20O2. The first-order valence-electron chi connectivity index (χ1n) is 6.08. The molecule has 3 atom stereocenters. The zero-order chi connectivity index (χ0) is 11.4. The first kappa shape index (κ1) is 11.6. The molecule has 1 heterocycles. The standard InChI is InChI=1S/C14H20O2/c1-11(12-5-3-2-4-6-12)9-14(15)13-7-8-16-10-13/h2-6,11,13-15H,7-10H2,1H3. The molecule has 0 radical (unpaired) electrons. The zero-order valence-electron chi connectivity index (χ0n) is 9.80. The minimum atomic E-state index is -0.224. The third-order valence-electron chi connectivity index (χ3n) is 3.47. The summed E-state index contributed by atoms with van der Waals surface area (Å²) in [6.07, 6.45) is 1.61. The van der Waals surface area contributed by atoms with Gasteiger partial charge in [-0.1, -0.05) is 37.3 Å². The molecule has 16 heavy (non-hydrogen) atoms. The summed E-state index contributed by atoms with van der Waals surface area (Å²) in [5.41, 5.74) is 1.31. The fourth-order valence-electron chi connectivity index (χ4n) is 2.33. The molecule has 2 rings (SSSR count). The maximum absolute atomic E-state index is 10.1. The van der Waals surface area contributed by atoms with Crippen molar-refractivity contribution >= 4 is 0 Å². The maximum atomic E-state index is 10.1. The maximum Gasteiger partial charge on any atom is 0.0597 e. The Labute approximate surface area is 97.3 Å². The van der Waals surface area contributed by atoms with E-state index in [0.717, 1.165) is 26.1 Å². The smallest absolute Gasteiger partial charge is 0.0597 e. The molecule has 0 spiro atoms. The summed E-state index contributed by atoms with van der Waals surface area (Å²) in [5.74, 6) is 0.753. The highest BCUT2D eigenvalue weighted by Gasteiger charge is 2.25. The van der Waals surface area contributed by atoms with Crippen LogP contribution in [0.15, 0.2) is 30.3 Å². The van der Waals surface area contributed by atoms with Gasteiger partial charge in [0.2, 0.25) is 0 Å². The van der Waals surface area contributed by atoms with E-state index in [4.69, 9.17) is 4.74 Å². The fraction of sp³-hybridized carbons (Fsp3) is 0.571. The van der Waals surface area contributed by atoms with Gasteiger partial charge >= 0.3 is 0 Å². The Morgan fingerprint density at radius 2 is 2.12 bits per heavy atom. The van der Waals surface area contributed by atoms with Crippen molar-refractivity contribution in [2.45, 2.75) is 31.8 Å². The Kier molecular flexibility index (Phi) is 3.97. The number of hydrogen-bond donors (Lipinski definition) is 1. The molecule has 1 aliphatic rings. The fourth-order valence-corrected chi connectivity index (χ4v) is 2.33. The van der Waals surface area contributed by atoms with E-state index in [0.29, 0.717) is 11.8 Å². The van der Waals surface area contributed by atoms with E-state index in [1.54, 1.807) is 0 Å². The Morgan fingerprint density at radius 3 is 2.75 bits per heavy atom. The summed E-state index contributed by atoms with van der Waals surface area (Å²) in [4.78, 5) is 0. The van der Waals surface area contributed by atoms with E-state index in [-0.39, 0.29) is 6.10 Å². The quantitative estimate of drug-likeness (QED) is 0.845. The van der Waals surface area contributed by atoms with Crippen LogP contribution in [0.1, 0.15) is 31.2 Å². The number of ether oxygens (including phenoxy) is 1. The summed E-state index contributed by atoms with van der Waals surface area (Å²) in [6.45, 7) is 3.71. The average molecular weight is 220 g/mol. The highest BCUT2D eigenvalue weighted by molar-refractivity contribution is 5.18. The van der Waals surface area contributed by atoms with Gasteiger partial charge in [0.25, 0.3) is 0 Å². The van der Waals surface area contributed by atoms with Gasteiger partial charge in [0.1, 0.15) is 0 Å². The number of rotatable bonds is 4. The number of aliphatic hydroxyl groups is 1. The van der Waals surface area contributed by atoms with Crippen molar-refractivity contribution in [2.75, 3.05) is 13.2 Å². The van der Waals surface area contributed by atoms with Crippen LogP contribution in [-0.4, -0.2) is 24.4 Å². The van der Waals surface area contributed by atoms with Crippen LogP contribution in [0.3, 0.4) is 0 Å². The predicted molar refractivity (Wildman–Crippen MR) is 64.4 cm³/mol. The first-order chi connectivity index (χ1) is 7.77. The van der Waals surface area contributed by atoms with E-state index < -0.39 is 0 Å². The zero-order valence-corrected chi connectivity index (χ0v) is 9.80. The van der Waals surface area contributed by atoms with Crippen LogP contribution in [0, 0.1) is 5.92 Å². The van der Waals surface area contributed by atoms with Crippen molar-refractivity contribution in [2.24, 2.45) is 5.92 Å². The van der Waals surface area contributed by atoms with Crippen molar-refractivity contribution in [3.8, 4) is 0 Å². The third kappa shape index (κ3) is 2.83. The Morgan fingerprint density at radius 1 is 1.38 bits per heavy atom. The molecule has 0 amide bonds. The third-order valence-corrected chi connectivity index (χ3v) is 3.47. The van der Waals surface area contributed by atoms with Gasteiger partial charge in [0.05, 0.1) is 12.7 Å². The molecule has 2 nitrogen and oxygen atoms in total. The highest BCUT2D eigenvalue weighted by Crippen LogP contribution is 2.26. The lowest BCUT2D eigenvalue weighted by molar-refractivity contribution is 0.0801. The highest BCUT2D eigenvalue weighted by atomic mass is 16.5. The Bertz CT molecular complexity index is 304. The average Bonchev–Trinajstić information content (AvgIpc) is 2.83. The van der Waals surface area contributed by atoms with Crippen molar-refractivity contribution in [1.29, 1.82) is 0 Å². The summed E-state index contributed by atoms with van der Waals surface area (Å²) < 4.78 is 5.31. The van der Waals surface area contributed by atoms with E-state index in [9.17, 15) is 5.11 Å². The molecule has 3 unspecified atom stereocenters. The number of aliphatic hydroxyl groups excluding tert-OH is 1.